The smallest absolute Gasteiger partial charge is 0.277 e. The molecule has 1 saturated heterocycles. The molecule has 0 spiro atoms. The van der Waals surface area contributed by atoms with Gasteiger partial charge in [0.15, 0.2) is 0 Å². The second kappa shape index (κ2) is 11.5. The van der Waals surface area contributed by atoms with Crippen molar-refractivity contribution in [2.75, 3.05) is 42.1 Å². The summed E-state index contributed by atoms with van der Waals surface area (Å²) < 4.78 is 5.69. The van der Waals surface area contributed by atoms with Gasteiger partial charge in [-0.2, -0.15) is 0 Å². The van der Waals surface area contributed by atoms with Crippen LogP contribution >= 0.6 is 23.4 Å². The third-order valence-electron chi connectivity index (χ3n) is 6.76. The molecule has 5 rings (SSSR count). The summed E-state index contributed by atoms with van der Waals surface area (Å²) in [5, 5.41) is 12.1. The Morgan fingerprint density at radius 1 is 1.00 bits per heavy atom. The predicted molar refractivity (Wildman–Crippen MR) is 141 cm³/mol. The normalized spacial score (nSPS) is 17.5. The van der Waals surface area contributed by atoms with Gasteiger partial charge in [-0.15, -0.1) is 10.2 Å². The van der Waals surface area contributed by atoms with Gasteiger partial charge in [0.2, 0.25) is 11.8 Å². The Labute approximate surface area is 215 Å². The molecule has 0 unspecified atom stereocenters. The molecule has 1 N–H and O–H groups in total. The van der Waals surface area contributed by atoms with Crippen LogP contribution in [0.1, 0.15) is 32.1 Å². The van der Waals surface area contributed by atoms with Gasteiger partial charge in [-0.1, -0.05) is 66.9 Å². The Balaban J connectivity index is 1.16. The first-order chi connectivity index (χ1) is 17.2. The fraction of sp³-hybridized carbons (Fsp3) is 0.423. The van der Waals surface area contributed by atoms with Gasteiger partial charge in [0.05, 0.1) is 27.7 Å². The molecule has 0 atom stereocenters. The minimum absolute atomic E-state index is 0.110. The Hall–Kier alpha value is -2.55. The van der Waals surface area contributed by atoms with E-state index >= 15 is 0 Å². The number of rotatable bonds is 7. The van der Waals surface area contributed by atoms with Gasteiger partial charge in [0, 0.05) is 32.2 Å². The summed E-state index contributed by atoms with van der Waals surface area (Å²) in [6.07, 6.45) is 6.79. The number of hydrogen-bond acceptors (Lipinski definition) is 7. The Bertz CT molecular complexity index is 1140. The highest BCUT2D eigenvalue weighted by Gasteiger charge is 2.26. The van der Waals surface area contributed by atoms with Crippen molar-refractivity contribution in [3.8, 4) is 11.5 Å². The highest BCUT2D eigenvalue weighted by atomic mass is 35.5. The molecule has 0 bridgehead atoms. The van der Waals surface area contributed by atoms with Gasteiger partial charge in [0.1, 0.15) is 0 Å². The van der Waals surface area contributed by atoms with E-state index in [0.717, 1.165) is 43.6 Å². The van der Waals surface area contributed by atoms with Crippen molar-refractivity contribution in [2.24, 2.45) is 0 Å². The number of amides is 1. The van der Waals surface area contributed by atoms with Gasteiger partial charge in [-0.05, 0) is 37.1 Å². The molecule has 0 radical (unpaired) electrons. The summed E-state index contributed by atoms with van der Waals surface area (Å²) in [5.41, 5.74) is 2.59. The first-order valence-electron chi connectivity index (χ1n) is 12.3. The van der Waals surface area contributed by atoms with Crippen LogP contribution in [0, 0.1) is 0 Å². The van der Waals surface area contributed by atoms with E-state index in [1.54, 1.807) is 6.07 Å². The van der Waals surface area contributed by atoms with E-state index in [9.17, 15) is 4.79 Å². The largest absolute Gasteiger partial charge is 0.411 e. The quantitative estimate of drug-likeness (QED) is 0.415. The topological polar surface area (TPSA) is 74.5 Å². The number of piperazine rings is 1. The van der Waals surface area contributed by atoms with Crippen molar-refractivity contribution in [3.05, 3.63) is 53.6 Å². The molecule has 7 nitrogen and oxygen atoms in total. The lowest BCUT2D eigenvalue weighted by Gasteiger charge is -2.42. The third kappa shape index (κ3) is 6.00. The molecule has 2 heterocycles. The van der Waals surface area contributed by atoms with Gasteiger partial charge < -0.3 is 14.6 Å². The lowest BCUT2D eigenvalue weighted by atomic mass is 9.94. The molecule has 1 saturated carbocycles. The molecule has 2 aliphatic rings. The fourth-order valence-corrected chi connectivity index (χ4v) is 5.73. The van der Waals surface area contributed by atoms with Gasteiger partial charge in [0.25, 0.3) is 5.22 Å². The summed E-state index contributed by atoms with van der Waals surface area (Å²) in [6.45, 7) is 4.11. The number of benzene rings is 2. The molecule has 9 heteroatoms. The number of nitrogens with zero attached hydrogens (tertiary/aromatic N) is 4. The van der Waals surface area contributed by atoms with Crippen molar-refractivity contribution >= 4 is 40.6 Å². The number of aromatic nitrogens is 2. The second-order valence-corrected chi connectivity index (χ2v) is 10.4. The lowest BCUT2D eigenvalue weighted by molar-refractivity contribution is -0.113. The van der Waals surface area contributed by atoms with Crippen LogP contribution in [0.4, 0.5) is 11.4 Å². The molecular weight excluding hydrogens is 482 g/mol. The highest BCUT2D eigenvalue weighted by molar-refractivity contribution is 7.99. The van der Waals surface area contributed by atoms with Gasteiger partial charge >= 0.3 is 0 Å². The monoisotopic (exact) mass is 511 g/mol. The Morgan fingerprint density at radius 3 is 2.54 bits per heavy atom. The van der Waals surface area contributed by atoms with E-state index in [1.165, 1.54) is 43.9 Å². The number of halogens is 1. The molecule has 1 aliphatic carbocycles. The standard InChI is InChI=1S/C26H30ClN5O2S/c27-21-11-5-4-10-20(21)25-29-30-26(34-25)35-18-24(33)28-22-12-6-7-13-23(22)32-16-14-31(15-17-32)19-8-2-1-3-9-19/h4-7,10-13,19H,1-3,8-9,14-18H2,(H,28,33). The van der Waals surface area contributed by atoms with E-state index in [2.05, 4.69) is 31.4 Å². The molecular formula is C26H30ClN5O2S. The molecule has 184 valence electrons. The predicted octanol–water partition coefficient (Wildman–Crippen LogP) is 5.58. The van der Waals surface area contributed by atoms with E-state index in [1.807, 2.05) is 36.4 Å². The lowest BCUT2D eigenvalue weighted by Crippen LogP contribution is -2.51. The van der Waals surface area contributed by atoms with E-state index in [0.29, 0.717) is 21.7 Å². The maximum Gasteiger partial charge on any atom is 0.277 e. The van der Waals surface area contributed by atoms with E-state index in [-0.39, 0.29) is 11.7 Å². The number of carbonyl (C=O) groups is 1. The molecule has 3 aromatic rings. The van der Waals surface area contributed by atoms with Crippen LogP contribution in [0.15, 0.2) is 58.2 Å². The number of anilines is 2. The minimum Gasteiger partial charge on any atom is -0.411 e. The van der Waals surface area contributed by atoms with Crippen LogP contribution in [-0.2, 0) is 4.79 Å². The first-order valence-corrected chi connectivity index (χ1v) is 13.6. The number of para-hydroxylation sites is 2. The second-order valence-electron chi connectivity index (χ2n) is 9.02. The average molecular weight is 512 g/mol. The zero-order valence-electron chi connectivity index (χ0n) is 19.7. The summed E-state index contributed by atoms with van der Waals surface area (Å²) >= 11 is 7.42. The summed E-state index contributed by atoms with van der Waals surface area (Å²) in [4.78, 5) is 17.8. The number of thioether (sulfide) groups is 1. The summed E-state index contributed by atoms with van der Waals surface area (Å²) in [6, 6.07) is 16.1. The SMILES string of the molecule is O=C(CSc1nnc(-c2ccccc2Cl)o1)Nc1ccccc1N1CCN(C2CCCCC2)CC1. The average Bonchev–Trinajstić information content (AvgIpc) is 3.38. The zero-order valence-corrected chi connectivity index (χ0v) is 21.2. The molecule has 35 heavy (non-hydrogen) atoms. The maximum absolute atomic E-state index is 12.7. The molecule has 1 aromatic heterocycles. The Kier molecular flexibility index (Phi) is 7.91. The van der Waals surface area contributed by atoms with E-state index in [4.69, 9.17) is 16.0 Å². The van der Waals surface area contributed by atoms with Crippen LogP contribution in [-0.4, -0.2) is 59.0 Å². The van der Waals surface area contributed by atoms with Crippen LogP contribution in [0.5, 0.6) is 0 Å². The van der Waals surface area contributed by atoms with Crippen molar-refractivity contribution in [2.45, 2.75) is 43.4 Å². The number of carbonyl (C=O) groups excluding carboxylic acids is 1. The summed E-state index contributed by atoms with van der Waals surface area (Å²) in [5.74, 6) is 0.408. The van der Waals surface area contributed by atoms with Crippen LogP contribution < -0.4 is 10.2 Å². The van der Waals surface area contributed by atoms with Crippen molar-refractivity contribution < 1.29 is 9.21 Å². The minimum atomic E-state index is -0.110. The van der Waals surface area contributed by atoms with Crippen molar-refractivity contribution in [1.29, 1.82) is 0 Å². The third-order valence-corrected chi connectivity index (χ3v) is 7.91. The van der Waals surface area contributed by atoms with Crippen LogP contribution in [0.2, 0.25) is 5.02 Å². The maximum atomic E-state index is 12.7. The molecule has 2 aromatic carbocycles. The molecule has 1 amide bonds. The molecule has 1 aliphatic heterocycles. The Morgan fingerprint density at radius 2 is 1.74 bits per heavy atom. The highest BCUT2D eigenvalue weighted by Crippen LogP contribution is 2.31. The first kappa shape index (κ1) is 24.2. The van der Waals surface area contributed by atoms with Crippen molar-refractivity contribution in [1.82, 2.24) is 15.1 Å². The zero-order chi connectivity index (χ0) is 24.0. The summed E-state index contributed by atoms with van der Waals surface area (Å²) in [7, 11) is 0. The number of hydrogen-bond donors (Lipinski definition) is 1. The van der Waals surface area contributed by atoms with Crippen LogP contribution in [0.3, 0.4) is 0 Å². The number of nitrogens with one attached hydrogen (secondary N) is 1. The van der Waals surface area contributed by atoms with Crippen molar-refractivity contribution in [3.63, 3.8) is 0 Å². The fourth-order valence-electron chi connectivity index (χ4n) is 4.95. The van der Waals surface area contributed by atoms with E-state index < -0.39 is 0 Å². The molecule has 2 fully saturated rings. The van der Waals surface area contributed by atoms with Crippen LogP contribution in [0.25, 0.3) is 11.5 Å². The van der Waals surface area contributed by atoms with Gasteiger partial charge in [-0.25, -0.2) is 0 Å². The van der Waals surface area contributed by atoms with Gasteiger partial charge in [-0.3, -0.25) is 9.69 Å².